The minimum Gasteiger partial charge on any atom is -0.504 e. The molecule has 0 unspecified atom stereocenters. The van der Waals surface area contributed by atoms with Gasteiger partial charge in [-0.1, -0.05) is 6.07 Å². The summed E-state index contributed by atoms with van der Waals surface area (Å²) in [5, 5.41) is 17.4. The molecule has 108 valence electrons. The van der Waals surface area contributed by atoms with Gasteiger partial charge in [-0.15, -0.1) is 0 Å². The molecule has 5 nitrogen and oxygen atoms in total. The Bertz CT molecular complexity index is 591. The fourth-order valence-electron chi connectivity index (χ4n) is 1.95. The molecule has 1 aromatic heterocycles. The van der Waals surface area contributed by atoms with Crippen LogP contribution in [0.5, 0.6) is 11.5 Å². The molecule has 1 aromatic carbocycles. The first-order valence-corrected chi connectivity index (χ1v) is 6.66. The van der Waals surface area contributed by atoms with E-state index in [2.05, 4.69) is 24.3 Å². The number of aromatic hydroxyl groups is 1. The van der Waals surface area contributed by atoms with Crippen molar-refractivity contribution in [2.24, 2.45) is 0 Å². The monoisotopic (exact) mass is 275 g/mol. The molecule has 0 spiro atoms. The number of phenols is 1. The van der Waals surface area contributed by atoms with E-state index in [1.807, 2.05) is 29.9 Å². The maximum absolute atomic E-state index is 9.57. The lowest BCUT2D eigenvalue weighted by Crippen LogP contribution is -2.01. The molecule has 0 radical (unpaired) electrons. The molecule has 2 aromatic rings. The zero-order chi connectivity index (χ0) is 14.7. The topological polar surface area (TPSA) is 59.3 Å². The van der Waals surface area contributed by atoms with Crippen molar-refractivity contribution in [3.05, 3.63) is 35.7 Å². The van der Waals surface area contributed by atoms with E-state index in [1.165, 1.54) is 0 Å². The molecule has 0 aliphatic heterocycles. The maximum atomic E-state index is 9.57. The molecule has 0 saturated heterocycles. The molecule has 5 heteroatoms. The fourth-order valence-corrected chi connectivity index (χ4v) is 1.95. The molecule has 20 heavy (non-hydrogen) atoms. The first kappa shape index (κ1) is 14.2. The highest BCUT2D eigenvalue weighted by molar-refractivity contribution is 5.48. The van der Waals surface area contributed by atoms with Crippen LogP contribution in [0, 0.1) is 6.92 Å². The molecular weight excluding hydrogens is 254 g/mol. The molecule has 0 aliphatic rings. The van der Waals surface area contributed by atoms with E-state index >= 15 is 0 Å². The van der Waals surface area contributed by atoms with Crippen LogP contribution in [-0.4, -0.2) is 22.0 Å². The van der Waals surface area contributed by atoms with Gasteiger partial charge in [0, 0.05) is 18.8 Å². The summed E-state index contributed by atoms with van der Waals surface area (Å²) in [5.41, 5.74) is 3.03. The normalized spacial score (nSPS) is 10.8. The Labute approximate surface area is 119 Å². The third-order valence-electron chi connectivity index (χ3n) is 3.17. The summed E-state index contributed by atoms with van der Waals surface area (Å²) >= 11 is 0. The van der Waals surface area contributed by atoms with Crippen molar-refractivity contribution in [2.45, 2.75) is 33.4 Å². The van der Waals surface area contributed by atoms with Gasteiger partial charge in [-0.2, -0.15) is 5.10 Å². The number of rotatable bonds is 5. The number of nitrogens with zero attached hydrogens (tertiary/aromatic N) is 2. The smallest absolute Gasteiger partial charge is 0.160 e. The lowest BCUT2D eigenvalue weighted by molar-refractivity contribution is 0.373. The molecule has 0 aliphatic carbocycles. The number of aromatic nitrogens is 2. The predicted octanol–water partition coefficient (Wildman–Crippen LogP) is 3.10. The van der Waals surface area contributed by atoms with Crippen molar-refractivity contribution in [1.82, 2.24) is 9.78 Å². The first-order chi connectivity index (χ1) is 9.51. The summed E-state index contributed by atoms with van der Waals surface area (Å²) in [6.07, 6.45) is 2.01. The molecule has 0 fully saturated rings. The summed E-state index contributed by atoms with van der Waals surface area (Å²) in [6, 6.07) is 5.68. The van der Waals surface area contributed by atoms with Gasteiger partial charge < -0.3 is 15.2 Å². The molecule has 0 atom stereocenters. The van der Waals surface area contributed by atoms with E-state index in [-0.39, 0.29) is 5.75 Å². The van der Waals surface area contributed by atoms with Crippen LogP contribution in [0.2, 0.25) is 0 Å². The van der Waals surface area contributed by atoms with Crippen molar-refractivity contribution in [3.8, 4) is 11.5 Å². The van der Waals surface area contributed by atoms with Crippen LogP contribution in [0.25, 0.3) is 0 Å². The zero-order valence-corrected chi connectivity index (χ0v) is 12.3. The largest absolute Gasteiger partial charge is 0.504 e. The fraction of sp³-hybridized carbons (Fsp3) is 0.400. The minimum absolute atomic E-state index is 0.153. The van der Waals surface area contributed by atoms with Gasteiger partial charge >= 0.3 is 0 Å². The molecule has 0 saturated carbocycles. The van der Waals surface area contributed by atoms with Gasteiger partial charge in [-0.05, 0) is 38.5 Å². The van der Waals surface area contributed by atoms with E-state index in [1.54, 1.807) is 13.2 Å². The number of aryl methyl sites for hydroxylation is 1. The Kier molecular flexibility index (Phi) is 4.17. The number of anilines is 1. The van der Waals surface area contributed by atoms with Gasteiger partial charge in [0.05, 0.1) is 18.5 Å². The Morgan fingerprint density at radius 3 is 2.75 bits per heavy atom. The van der Waals surface area contributed by atoms with Crippen LogP contribution in [0.1, 0.15) is 31.1 Å². The van der Waals surface area contributed by atoms with Crippen molar-refractivity contribution < 1.29 is 9.84 Å². The number of benzene rings is 1. The lowest BCUT2D eigenvalue weighted by Gasteiger charge is -2.08. The van der Waals surface area contributed by atoms with Crippen LogP contribution >= 0.6 is 0 Å². The second-order valence-electron chi connectivity index (χ2n) is 5.06. The van der Waals surface area contributed by atoms with Gasteiger partial charge in [0.25, 0.3) is 0 Å². The van der Waals surface area contributed by atoms with Crippen molar-refractivity contribution in [3.63, 3.8) is 0 Å². The van der Waals surface area contributed by atoms with E-state index < -0.39 is 0 Å². The Balaban J connectivity index is 2.08. The van der Waals surface area contributed by atoms with Gasteiger partial charge in [-0.3, -0.25) is 4.68 Å². The highest BCUT2D eigenvalue weighted by Crippen LogP contribution is 2.26. The zero-order valence-electron chi connectivity index (χ0n) is 12.3. The summed E-state index contributed by atoms with van der Waals surface area (Å²) in [6.45, 7) is 6.84. The molecule has 1 heterocycles. The van der Waals surface area contributed by atoms with Gasteiger partial charge in [0.2, 0.25) is 0 Å². The number of hydrogen-bond acceptors (Lipinski definition) is 4. The Morgan fingerprint density at radius 1 is 1.40 bits per heavy atom. The molecule has 2 rings (SSSR count). The summed E-state index contributed by atoms with van der Waals surface area (Å²) in [5.74, 6) is 0.638. The van der Waals surface area contributed by atoms with Crippen molar-refractivity contribution >= 4 is 5.69 Å². The number of nitrogens with one attached hydrogen (secondary N) is 1. The standard InChI is InChI=1S/C15H21N3O2/c1-10(2)18-9-13(11(3)17-18)16-8-12-5-6-14(19)15(7-12)20-4/h5-7,9-10,16,19H,8H2,1-4H3. The van der Waals surface area contributed by atoms with Gasteiger partial charge in [0.15, 0.2) is 11.5 Å². The third kappa shape index (κ3) is 3.04. The summed E-state index contributed by atoms with van der Waals surface area (Å²) < 4.78 is 7.04. The highest BCUT2D eigenvalue weighted by atomic mass is 16.5. The summed E-state index contributed by atoms with van der Waals surface area (Å²) in [7, 11) is 1.54. The number of hydrogen-bond donors (Lipinski definition) is 2. The molecule has 2 N–H and O–H groups in total. The predicted molar refractivity (Wildman–Crippen MR) is 79.3 cm³/mol. The van der Waals surface area contributed by atoms with Crippen molar-refractivity contribution in [1.29, 1.82) is 0 Å². The van der Waals surface area contributed by atoms with E-state index in [9.17, 15) is 5.11 Å². The van der Waals surface area contributed by atoms with Crippen LogP contribution in [0.3, 0.4) is 0 Å². The lowest BCUT2D eigenvalue weighted by atomic mass is 10.2. The Morgan fingerprint density at radius 2 is 2.15 bits per heavy atom. The van der Waals surface area contributed by atoms with Crippen LogP contribution in [-0.2, 0) is 6.54 Å². The molecule has 0 amide bonds. The molecular formula is C15H21N3O2. The summed E-state index contributed by atoms with van der Waals surface area (Å²) in [4.78, 5) is 0. The number of phenolic OH excluding ortho intramolecular Hbond substituents is 1. The maximum Gasteiger partial charge on any atom is 0.160 e. The number of ether oxygens (including phenoxy) is 1. The first-order valence-electron chi connectivity index (χ1n) is 6.66. The minimum atomic E-state index is 0.153. The molecule has 0 bridgehead atoms. The Hall–Kier alpha value is -2.17. The second-order valence-corrected chi connectivity index (χ2v) is 5.06. The van der Waals surface area contributed by atoms with Crippen molar-refractivity contribution in [2.75, 3.05) is 12.4 Å². The SMILES string of the molecule is COc1cc(CNc2cn(C(C)C)nc2C)ccc1O. The average Bonchev–Trinajstić information content (AvgIpc) is 2.79. The third-order valence-corrected chi connectivity index (χ3v) is 3.17. The second kappa shape index (κ2) is 5.86. The van der Waals surface area contributed by atoms with Gasteiger partial charge in [0.1, 0.15) is 0 Å². The van der Waals surface area contributed by atoms with Crippen LogP contribution < -0.4 is 10.1 Å². The van der Waals surface area contributed by atoms with Gasteiger partial charge in [-0.25, -0.2) is 0 Å². The average molecular weight is 275 g/mol. The highest BCUT2D eigenvalue weighted by Gasteiger charge is 2.07. The number of methoxy groups -OCH3 is 1. The van der Waals surface area contributed by atoms with Crippen LogP contribution in [0.4, 0.5) is 5.69 Å². The quantitative estimate of drug-likeness (QED) is 0.880. The van der Waals surface area contributed by atoms with E-state index in [0.717, 1.165) is 16.9 Å². The van der Waals surface area contributed by atoms with Crippen LogP contribution in [0.15, 0.2) is 24.4 Å². The van der Waals surface area contributed by atoms with E-state index in [0.29, 0.717) is 18.3 Å². The van der Waals surface area contributed by atoms with E-state index in [4.69, 9.17) is 4.74 Å².